The fourth-order valence-corrected chi connectivity index (χ4v) is 31.9. The molecular weight excluding hydrogens is 886 g/mol. The molecule has 0 aliphatic carbocycles. The van der Waals surface area contributed by atoms with Crippen molar-refractivity contribution >= 4 is 88.1 Å². The molecule has 12 radical (unpaired) electrons. The zero-order valence-corrected chi connectivity index (χ0v) is 50.2. The molecule has 290 valence electrons. The molecule has 0 unspecified atom stereocenters. The van der Waals surface area contributed by atoms with Crippen molar-refractivity contribution in [1.82, 2.24) is 0 Å². The molecule has 0 atom stereocenters. The number of halogens is 1. The molecule has 0 saturated carbocycles. The normalized spacial score (nSPS) is 14.4. The third-order valence-electron chi connectivity index (χ3n) is 8.01. The van der Waals surface area contributed by atoms with Crippen LogP contribution in [0, 0.1) is 0 Å². The quantitative estimate of drug-likeness (QED) is 0.191. The zero-order chi connectivity index (χ0) is 41.8. The number of allylic oxidation sites excluding steroid dienone is 2. The van der Waals surface area contributed by atoms with Crippen LogP contribution in [0.2, 0.25) is 55.9 Å². The maximum absolute atomic E-state index is 2.94. The Morgan fingerprint density at radius 2 is 0.388 bits per heavy atom. The first-order chi connectivity index (χ1) is 20.8. The summed E-state index contributed by atoms with van der Waals surface area (Å²) in [6, 6.07) is 0. The molecule has 0 N–H and O–H groups in total. The van der Waals surface area contributed by atoms with E-state index in [2.05, 4.69) is 248 Å². The average Bonchev–Trinajstić information content (AvgIpc) is 2.70. The van der Waals surface area contributed by atoms with Gasteiger partial charge in [-0.15, -0.1) is 0 Å². The average molecular weight is 978 g/mol. The topological polar surface area (TPSA) is 0 Å². The van der Waals surface area contributed by atoms with Gasteiger partial charge in [-0.25, -0.2) is 0 Å². The Balaban J connectivity index is -0.000000175. The molecule has 0 aliphatic heterocycles. The van der Waals surface area contributed by atoms with Crippen LogP contribution in [0.15, 0.2) is 11.1 Å². The van der Waals surface area contributed by atoms with Crippen LogP contribution in [-0.4, -0.2) is 74.1 Å². The van der Waals surface area contributed by atoms with E-state index in [0.29, 0.717) is 45.3 Å². The van der Waals surface area contributed by atoms with Crippen molar-refractivity contribution in [2.45, 2.75) is 257 Å². The summed E-state index contributed by atoms with van der Waals surface area (Å²) < 4.78 is 0. The van der Waals surface area contributed by atoms with Gasteiger partial charge in [-0.3, -0.25) is 0 Å². The Morgan fingerprint density at radius 3 is 0.408 bits per heavy atom. The van der Waals surface area contributed by atoms with Crippen molar-refractivity contribution in [1.29, 1.82) is 0 Å². The van der Waals surface area contributed by atoms with E-state index < -0.39 is 26.4 Å². The molecule has 0 amide bonds. The molecule has 0 aliphatic rings. The van der Waals surface area contributed by atoms with E-state index in [4.69, 9.17) is 0 Å². The first-order valence-corrected chi connectivity index (χ1v) is 31.0. The van der Waals surface area contributed by atoms with E-state index in [1.54, 1.807) is 11.1 Å². The second kappa shape index (κ2) is 22.9. The Kier molecular flexibility index (Phi) is 28.4. The van der Waals surface area contributed by atoms with Crippen LogP contribution in [-0.2, 0) is 0 Å². The monoisotopic (exact) mass is 980 g/mol. The van der Waals surface area contributed by atoms with E-state index >= 15 is 0 Å². The van der Waals surface area contributed by atoms with Crippen molar-refractivity contribution in [2.75, 3.05) is 0 Å². The third kappa shape index (κ3) is 28.6. The summed E-state index contributed by atoms with van der Waals surface area (Å²) in [5.41, 5.74) is 3.10. The van der Waals surface area contributed by atoms with Gasteiger partial charge in [-0.05, 0) is 45.3 Å². The van der Waals surface area contributed by atoms with E-state index in [1.165, 1.54) is 10.5 Å². The molecule has 0 aromatic carbocycles. The van der Waals surface area contributed by atoms with Crippen LogP contribution < -0.4 is 0 Å². The number of hydrogen-bond donors (Lipinski definition) is 0. The fourth-order valence-electron chi connectivity index (χ4n) is 10.4. The molecule has 0 spiro atoms. The Morgan fingerprint density at radius 1 is 0.306 bits per heavy atom. The van der Waals surface area contributed by atoms with Gasteiger partial charge < -0.3 is 0 Å². The van der Waals surface area contributed by atoms with Crippen LogP contribution in [0.5, 0.6) is 0 Å². The van der Waals surface area contributed by atoms with Crippen molar-refractivity contribution in [3.8, 4) is 0 Å². The second-order valence-electron chi connectivity index (χ2n) is 23.3. The van der Waals surface area contributed by atoms with Gasteiger partial charge in [0.15, 0.2) is 0 Å². The van der Waals surface area contributed by atoms with Gasteiger partial charge >= 0.3 is 97.2 Å². The van der Waals surface area contributed by atoms with Gasteiger partial charge in [0.05, 0.1) is 26.4 Å². The van der Waals surface area contributed by atoms with Gasteiger partial charge in [0.1, 0.15) is 0 Å². The molecular formula is C42H91BrGe3Si3. The van der Waals surface area contributed by atoms with Crippen LogP contribution >= 0.6 is 14.0 Å². The Bertz CT molecular complexity index is 684. The number of hydrogen-bond acceptors (Lipinski definition) is 0. The molecule has 0 fully saturated rings. The summed E-state index contributed by atoms with van der Waals surface area (Å²) in [6.07, 6.45) is 0. The van der Waals surface area contributed by atoms with E-state index in [9.17, 15) is 0 Å². The summed E-state index contributed by atoms with van der Waals surface area (Å²) in [5, 5.41) is 6.80. The van der Waals surface area contributed by atoms with Gasteiger partial charge in [0.25, 0.3) is 0 Å². The molecule has 0 bridgehead atoms. The first-order valence-electron chi connectivity index (χ1n) is 18.6. The molecule has 0 rings (SSSR count). The van der Waals surface area contributed by atoms with Gasteiger partial charge in [0, 0.05) is 0 Å². The Labute approximate surface area is 352 Å². The molecule has 7 heteroatoms. The second-order valence-corrected chi connectivity index (χ2v) is 40.5. The molecule has 49 heavy (non-hydrogen) atoms. The molecule has 0 aromatic heterocycles. The van der Waals surface area contributed by atoms with Gasteiger partial charge in [-0.1, -0.05) is 187 Å². The molecule has 0 nitrogen and oxygen atoms in total. The zero-order valence-electron chi connectivity index (χ0n) is 39.3. The van der Waals surface area contributed by atoms with E-state index in [1.807, 2.05) is 14.7 Å². The summed E-state index contributed by atoms with van der Waals surface area (Å²) in [5.74, 6) is 0. The minimum atomic E-state index is -0.391. The molecule has 0 aromatic rings. The first kappa shape index (κ1) is 60.7. The molecule has 0 saturated heterocycles. The van der Waals surface area contributed by atoms with Crippen LogP contribution in [0.4, 0.5) is 0 Å². The predicted molar refractivity (Wildman–Crippen MR) is 249 cm³/mol. The van der Waals surface area contributed by atoms with Crippen molar-refractivity contribution in [3.63, 3.8) is 0 Å². The number of rotatable bonds is 2. The van der Waals surface area contributed by atoms with Crippen molar-refractivity contribution < 1.29 is 0 Å². The van der Waals surface area contributed by atoms with Crippen LogP contribution in [0.1, 0.15) is 201 Å². The van der Waals surface area contributed by atoms with Crippen molar-refractivity contribution in [2.24, 2.45) is 0 Å². The third-order valence-corrected chi connectivity index (χ3v) is 23.7. The standard InChI is InChI=1S/3C12H27Si.C6H10Ge2.BrGe/c3*1-10(2,3)13(11(4,5)6)12(7,8)9;1-5(3-7)6(2)4-8;1-2/h3*1-9H3;3-4H2,1-2H3;. The minimum absolute atomic E-state index is 0.391. The SMILES string of the molecule is CC(C)(C)[Si](C(C)(C)C)C(C)(C)C.CC(C)(C)[Si](C(C)(C)C)C(C)(C)C.CC(C)(C)[Si](C(C)(C)C)C(C)(C)C.CC([CH2][Ge])=C(C)[CH2][Ge].[Ge][Br]. The van der Waals surface area contributed by atoms with Crippen LogP contribution in [0.25, 0.3) is 0 Å². The fraction of sp³-hybridized carbons (Fsp3) is 0.952. The summed E-state index contributed by atoms with van der Waals surface area (Å²) in [7, 11) is -1.17. The van der Waals surface area contributed by atoms with Crippen molar-refractivity contribution in [3.05, 3.63) is 11.1 Å². The summed E-state index contributed by atoms with van der Waals surface area (Å²) in [6.45, 7) is 69.2. The summed E-state index contributed by atoms with van der Waals surface area (Å²) in [4.78, 5) is 0. The van der Waals surface area contributed by atoms with Crippen LogP contribution in [0.3, 0.4) is 0 Å². The van der Waals surface area contributed by atoms with E-state index in [-0.39, 0.29) is 0 Å². The maximum atomic E-state index is 2.94. The Hall–Kier alpha value is 2.50. The molecule has 0 heterocycles. The predicted octanol–water partition coefficient (Wildman–Crippen LogP) is 16.6. The van der Waals surface area contributed by atoms with Gasteiger partial charge in [-0.2, -0.15) is 0 Å². The van der Waals surface area contributed by atoms with Gasteiger partial charge in [0.2, 0.25) is 0 Å². The van der Waals surface area contributed by atoms with E-state index in [0.717, 1.165) is 0 Å². The summed E-state index contributed by atoms with van der Waals surface area (Å²) >= 11 is 9.16.